The molecular weight excluding hydrogens is 346 g/mol. The van der Waals surface area contributed by atoms with E-state index in [-0.39, 0.29) is 17.9 Å². The van der Waals surface area contributed by atoms with Gasteiger partial charge in [0, 0.05) is 0 Å². The summed E-state index contributed by atoms with van der Waals surface area (Å²) in [6.07, 6.45) is -0.197. The first kappa shape index (κ1) is 18.6. The van der Waals surface area contributed by atoms with E-state index >= 15 is 0 Å². The zero-order valence-corrected chi connectivity index (χ0v) is 15.5. The lowest BCUT2D eigenvalue weighted by Crippen LogP contribution is -2.30. The summed E-state index contributed by atoms with van der Waals surface area (Å²) < 4.78 is 10.8. The van der Waals surface area contributed by atoms with E-state index in [0.717, 1.165) is 11.3 Å². The van der Waals surface area contributed by atoms with Crippen LogP contribution in [0.15, 0.2) is 48.5 Å². The van der Waals surface area contributed by atoms with Crippen LogP contribution in [0.3, 0.4) is 0 Å². The Morgan fingerprint density at radius 3 is 2.04 bits per heavy atom. The van der Waals surface area contributed by atoms with E-state index in [2.05, 4.69) is 0 Å². The van der Waals surface area contributed by atoms with Crippen molar-refractivity contribution in [1.29, 1.82) is 0 Å². The quantitative estimate of drug-likeness (QED) is 0.576. The van der Waals surface area contributed by atoms with E-state index in [4.69, 9.17) is 9.47 Å². The topological polar surface area (TPSA) is 72.9 Å². The largest absolute Gasteiger partial charge is 0.479 e. The van der Waals surface area contributed by atoms with Crippen molar-refractivity contribution in [2.75, 3.05) is 4.90 Å². The highest BCUT2D eigenvalue weighted by Crippen LogP contribution is 2.29. The van der Waals surface area contributed by atoms with Crippen molar-refractivity contribution >= 4 is 23.5 Å². The number of esters is 1. The van der Waals surface area contributed by atoms with Gasteiger partial charge >= 0.3 is 5.97 Å². The second-order valence-electron chi connectivity index (χ2n) is 6.40. The second kappa shape index (κ2) is 7.61. The third-order valence-corrected chi connectivity index (χ3v) is 4.43. The van der Waals surface area contributed by atoms with Crippen LogP contribution in [0.5, 0.6) is 5.75 Å². The van der Waals surface area contributed by atoms with Gasteiger partial charge in [-0.1, -0.05) is 19.1 Å². The molecule has 2 atom stereocenters. The summed E-state index contributed by atoms with van der Waals surface area (Å²) in [5.41, 5.74) is 1.23. The fraction of sp³-hybridized carbons (Fsp3) is 0.286. The van der Waals surface area contributed by atoms with E-state index < -0.39 is 12.1 Å². The molecule has 0 fully saturated rings. The number of benzene rings is 2. The molecule has 2 aromatic carbocycles. The minimum Gasteiger partial charge on any atom is -0.479 e. The molecule has 3 rings (SSSR count). The third kappa shape index (κ3) is 3.69. The van der Waals surface area contributed by atoms with Gasteiger partial charge in [0.05, 0.1) is 22.9 Å². The Balaban J connectivity index is 1.70. The van der Waals surface area contributed by atoms with Gasteiger partial charge in [-0.15, -0.1) is 0 Å². The SMILES string of the molecule is CC[C@@H](C)OC(=O)[C@H](C)Oc1ccc(N2C(=O)c3ccccc3C2=O)cc1. The molecule has 1 aliphatic heterocycles. The molecule has 6 heteroatoms. The smallest absolute Gasteiger partial charge is 0.347 e. The number of carbonyl (C=O) groups excluding carboxylic acids is 3. The Labute approximate surface area is 157 Å². The maximum absolute atomic E-state index is 12.5. The normalized spacial score (nSPS) is 15.3. The molecule has 0 unspecified atom stereocenters. The number of rotatable bonds is 6. The molecule has 0 N–H and O–H groups in total. The van der Waals surface area contributed by atoms with Gasteiger partial charge in [0.2, 0.25) is 0 Å². The van der Waals surface area contributed by atoms with E-state index in [1.54, 1.807) is 55.5 Å². The Kier molecular flexibility index (Phi) is 5.26. The summed E-state index contributed by atoms with van der Waals surface area (Å²) >= 11 is 0. The summed E-state index contributed by atoms with van der Waals surface area (Å²) in [5.74, 6) is -0.692. The summed E-state index contributed by atoms with van der Waals surface area (Å²) in [4.78, 5) is 38.1. The molecular formula is C21H21NO5. The number of amides is 2. The minimum atomic E-state index is -0.760. The second-order valence-corrected chi connectivity index (χ2v) is 6.40. The van der Waals surface area contributed by atoms with Gasteiger partial charge in [0.1, 0.15) is 5.75 Å². The number of fused-ring (bicyclic) bond motifs is 1. The zero-order chi connectivity index (χ0) is 19.6. The van der Waals surface area contributed by atoms with E-state index in [1.165, 1.54) is 0 Å². The number of hydrogen-bond donors (Lipinski definition) is 0. The van der Waals surface area contributed by atoms with E-state index in [0.29, 0.717) is 22.6 Å². The lowest BCUT2D eigenvalue weighted by Gasteiger charge is -2.18. The highest BCUT2D eigenvalue weighted by atomic mass is 16.6. The average Bonchev–Trinajstić information content (AvgIpc) is 2.93. The molecule has 1 heterocycles. The van der Waals surface area contributed by atoms with Gasteiger partial charge in [-0.05, 0) is 56.7 Å². The number of hydrogen-bond acceptors (Lipinski definition) is 5. The van der Waals surface area contributed by atoms with Crippen LogP contribution in [0.4, 0.5) is 5.69 Å². The van der Waals surface area contributed by atoms with Crippen molar-refractivity contribution in [3.8, 4) is 5.75 Å². The van der Waals surface area contributed by atoms with Crippen LogP contribution in [0, 0.1) is 0 Å². The molecule has 140 valence electrons. The standard InChI is InChI=1S/C21H21NO5/c1-4-13(2)26-21(25)14(3)27-16-11-9-15(10-12-16)22-19(23)17-7-5-6-8-18(17)20(22)24/h5-14H,4H2,1-3H3/t13-,14+/m1/s1. The van der Waals surface area contributed by atoms with Crippen molar-refractivity contribution in [2.24, 2.45) is 0 Å². The summed E-state index contributed by atoms with van der Waals surface area (Å²) in [7, 11) is 0. The lowest BCUT2D eigenvalue weighted by atomic mass is 10.1. The predicted octanol–water partition coefficient (Wildman–Crippen LogP) is 3.60. The molecule has 0 aliphatic carbocycles. The van der Waals surface area contributed by atoms with Crippen LogP contribution in [0.25, 0.3) is 0 Å². The minimum absolute atomic E-state index is 0.167. The number of carbonyl (C=O) groups is 3. The van der Waals surface area contributed by atoms with E-state index in [9.17, 15) is 14.4 Å². The van der Waals surface area contributed by atoms with Gasteiger partial charge < -0.3 is 9.47 Å². The Morgan fingerprint density at radius 2 is 1.52 bits per heavy atom. The Morgan fingerprint density at radius 1 is 0.963 bits per heavy atom. The maximum Gasteiger partial charge on any atom is 0.347 e. The average molecular weight is 367 g/mol. The highest BCUT2D eigenvalue weighted by Gasteiger charge is 2.36. The van der Waals surface area contributed by atoms with Crippen LogP contribution in [-0.2, 0) is 9.53 Å². The molecule has 27 heavy (non-hydrogen) atoms. The number of nitrogens with zero attached hydrogens (tertiary/aromatic N) is 1. The van der Waals surface area contributed by atoms with Gasteiger partial charge in [0.15, 0.2) is 6.10 Å². The zero-order valence-electron chi connectivity index (χ0n) is 15.5. The number of imide groups is 1. The maximum atomic E-state index is 12.5. The van der Waals surface area contributed by atoms with Crippen molar-refractivity contribution in [1.82, 2.24) is 0 Å². The van der Waals surface area contributed by atoms with Crippen LogP contribution < -0.4 is 9.64 Å². The van der Waals surface area contributed by atoms with Gasteiger partial charge in [0.25, 0.3) is 11.8 Å². The summed E-state index contributed by atoms with van der Waals surface area (Å²) in [6.45, 7) is 5.37. The molecule has 1 aliphatic rings. The Bertz CT molecular complexity index is 839. The van der Waals surface area contributed by atoms with Crippen molar-refractivity contribution < 1.29 is 23.9 Å². The van der Waals surface area contributed by atoms with Gasteiger partial charge in [-0.3, -0.25) is 9.59 Å². The van der Waals surface area contributed by atoms with Crippen LogP contribution >= 0.6 is 0 Å². The van der Waals surface area contributed by atoms with Gasteiger partial charge in [-0.25, -0.2) is 9.69 Å². The van der Waals surface area contributed by atoms with Gasteiger partial charge in [-0.2, -0.15) is 0 Å². The fourth-order valence-corrected chi connectivity index (χ4v) is 2.73. The predicted molar refractivity (Wildman–Crippen MR) is 100.0 cm³/mol. The first-order valence-electron chi connectivity index (χ1n) is 8.87. The molecule has 6 nitrogen and oxygen atoms in total. The number of ether oxygens (including phenoxy) is 2. The molecule has 2 aromatic rings. The molecule has 0 saturated carbocycles. The molecule has 0 bridgehead atoms. The van der Waals surface area contributed by atoms with Crippen molar-refractivity contribution in [3.05, 3.63) is 59.7 Å². The van der Waals surface area contributed by atoms with Crippen molar-refractivity contribution in [2.45, 2.75) is 39.4 Å². The first-order valence-corrected chi connectivity index (χ1v) is 8.87. The Hall–Kier alpha value is -3.15. The van der Waals surface area contributed by atoms with Crippen LogP contribution in [0.1, 0.15) is 47.9 Å². The number of anilines is 1. The van der Waals surface area contributed by atoms with Crippen molar-refractivity contribution in [3.63, 3.8) is 0 Å². The molecule has 0 spiro atoms. The fourth-order valence-electron chi connectivity index (χ4n) is 2.73. The third-order valence-electron chi connectivity index (χ3n) is 4.43. The lowest BCUT2D eigenvalue weighted by molar-refractivity contribution is -0.155. The monoisotopic (exact) mass is 367 g/mol. The van der Waals surface area contributed by atoms with Crippen LogP contribution in [0.2, 0.25) is 0 Å². The summed E-state index contributed by atoms with van der Waals surface area (Å²) in [5, 5.41) is 0. The molecule has 0 radical (unpaired) electrons. The molecule has 0 aromatic heterocycles. The summed E-state index contributed by atoms with van der Waals surface area (Å²) in [6, 6.07) is 13.2. The first-order chi connectivity index (χ1) is 12.9. The highest BCUT2D eigenvalue weighted by molar-refractivity contribution is 6.34. The van der Waals surface area contributed by atoms with E-state index in [1.807, 2.05) is 13.8 Å². The molecule has 0 saturated heterocycles. The molecule has 2 amide bonds. The van der Waals surface area contributed by atoms with Crippen LogP contribution in [-0.4, -0.2) is 30.0 Å².